The van der Waals surface area contributed by atoms with Gasteiger partial charge in [-0.1, -0.05) is 31.0 Å². The summed E-state index contributed by atoms with van der Waals surface area (Å²) in [5.74, 6) is 0. The van der Waals surface area contributed by atoms with E-state index in [4.69, 9.17) is 5.11 Å². The standard InChI is InChI=1S/C14H23NO3S/c1-4-5-8-15(9-10-16)19(17,18)14-7-6-12(2)11-13(14)3/h6-7,11,16H,4-5,8-10H2,1-3H3. The van der Waals surface area contributed by atoms with E-state index in [1.165, 1.54) is 4.31 Å². The van der Waals surface area contributed by atoms with Gasteiger partial charge >= 0.3 is 0 Å². The molecular formula is C14H23NO3S. The number of aryl methyl sites for hydroxylation is 2. The van der Waals surface area contributed by atoms with Crippen molar-refractivity contribution in [1.29, 1.82) is 0 Å². The summed E-state index contributed by atoms with van der Waals surface area (Å²) in [5.41, 5.74) is 1.79. The quantitative estimate of drug-likeness (QED) is 0.834. The molecule has 0 amide bonds. The average Bonchev–Trinajstić information content (AvgIpc) is 2.33. The van der Waals surface area contributed by atoms with E-state index >= 15 is 0 Å². The van der Waals surface area contributed by atoms with E-state index in [-0.39, 0.29) is 13.2 Å². The first-order chi connectivity index (χ1) is 8.93. The van der Waals surface area contributed by atoms with Gasteiger partial charge in [0.25, 0.3) is 0 Å². The number of benzene rings is 1. The molecule has 0 saturated heterocycles. The van der Waals surface area contributed by atoms with Crippen LogP contribution in [-0.2, 0) is 10.0 Å². The van der Waals surface area contributed by atoms with E-state index in [1.54, 1.807) is 19.1 Å². The molecule has 0 aliphatic heterocycles. The molecule has 0 spiro atoms. The Morgan fingerprint density at radius 3 is 2.42 bits per heavy atom. The Hall–Kier alpha value is -0.910. The maximum atomic E-state index is 12.6. The molecule has 0 aliphatic carbocycles. The highest BCUT2D eigenvalue weighted by atomic mass is 32.2. The Kier molecular flexibility index (Phi) is 5.97. The maximum Gasteiger partial charge on any atom is 0.243 e. The molecule has 0 unspecified atom stereocenters. The van der Waals surface area contributed by atoms with Gasteiger partial charge in [0.15, 0.2) is 0 Å². The summed E-state index contributed by atoms with van der Waals surface area (Å²) >= 11 is 0. The Morgan fingerprint density at radius 1 is 1.21 bits per heavy atom. The second kappa shape index (κ2) is 7.03. The zero-order chi connectivity index (χ0) is 14.5. The molecule has 1 aromatic rings. The van der Waals surface area contributed by atoms with Crippen molar-refractivity contribution in [2.75, 3.05) is 19.7 Å². The van der Waals surface area contributed by atoms with Crippen LogP contribution in [0.25, 0.3) is 0 Å². The van der Waals surface area contributed by atoms with Crippen molar-refractivity contribution < 1.29 is 13.5 Å². The highest BCUT2D eigenvalue weighted by Crippen LogP contribution is 2.21. The third-order valence-corrected chi connectivity index (χ3v) is 5.12. The predicted molar refractivity (Wildman–Crippen MR) is 76.7 cm³/mol. The smallest absolute Gasteiger partial charge is 0.243 e. The van der Waals surface area contributed by atoms with Crippen LogP contribution in [0.5, 0.6) is 0 Å². The molecule has 4 nitrogen and oxygen atoms in total. The fraction of sp³-hybridized carbons (Fsp3) is 0.571. The van der Waals surface area contributed by atoms with Crippen LogP contribution in [0.15, 0.2) is 23.1 Å². The molecule has 108 valence electrons. The van der Waals surface area contributed by atoms with Gasteiger partial charge in [-0.2, -0.15) is 4.31 Å². The molecule has 1 aromatic carbocycles. The SMILES string of the molecule is CCCCN(CCO)S(=O)(=O)c1ccc(C)cc1C. The van der Waals surface area contributed by atoms with Gasteiger partial charge in [-0.25, -0.2) is 8.42 Å². The minimum atomic E-state index is -3.51. The first-order valence-electron chi connectivity index (χ1n) is 6.61. The van der Waals surface area contributed by atoms with Crippen molar-refractivity contribution in [3.8, 4) is 0 Å². The van der Waals surface area contributed by atoms with Crippen LogP contribution in [0.3, 0.4) is 0 Å². The third kappa shape index (κ3) is 4.03. The lowest BCUT2D eigenvalue weighted by atomic mass is 10.2. The van der Waals surface area contributed by atoms with Crippen molar-refractivity contribution in [1.82, 2.24) is 4.31 Å². The second-order valence-electron chi connectivity index (χ2n) is 4.75. The van der Waals surface area contributed by atoms with E-state index in [2.05, 4.69) is 0 Å². The Bertz CT molecular complexity index is 511. The van der Waals surface area contributed by atoms with Crippen LogP contribution in [-0.4, -0.2) is 37.5 Å². The third-order valence-electron chi connectivity index (χ3n) is 3.06. The Labute approximate surface area is 116 Å². The van der Waals surface area contributed by atoms with Crippen molar-refractivity contribution >= 4 is 10.0 Å². The van der Waals surface area contributed by atoms with Gasteiger partial charge in [0.2, 0.25) is 10.0 Å². The number of nitrogens with zero attached hydrogens (tertiary/aromatic N) is 1. The first-order valence-corrected chi connectivity index (χ1v) is 8.05. The topological polar surface area (TPSA) is 57.6 Å². The molecule has 0 heterocycles. The summed E-state index contributed by atoms with van der Waals surface area (Å²) in [7, 11) is -3.51. The zero-order valence-electron chi connectivity index (χ0n) is 11.9. The lowest BCUT2D eigenvalue weighted by Gasteiger charge is -2.22. The van der Waals surface area contributed by atoms with Gasteiger partial charge in [0.05, 0.1) is 11.5 Å². The summed E-state index contributed by atoms with van der Waals surface area (Å²) in [4.78, 5) is 0.336. The molecule has 1 N–H and O–H groups in total. The molecule has 0 atom stereocenters. The summed E-state index contributed by atoms with van der Waals surface area (Å²) in [6.07, 6.45) is 1.72. The van der Waals surface area contributed by atoms with Crippen LogP contribution < -0.4 is 0 Å². The molecule has 0 aliphatic rings. The van der Waals surface area contributed by atoms with Crippen molar-refractivity contribution in [3.05, 3.63) is 29.3 Å². The maximum absolute atomic E-state index is 12.6. The number of aliphatic hydroxyl groups excluding tert-OH is 1. The number of hydrogen-bond acceptors (Lipinski definition) is 3. The largest absolute Gasteiger partial charge is 0.395 e. The number of hydrogen-bond donors (Lipinski definition) is 1. The molecule has 5 heteroatoms. The molecular weight excluding hydrogens is 262 g/mol. The van der Waals surface area contributed by atoms with Gasteiger partial charge in [0.1, 0.15) is 0 Å². The molecule has 19 heavy (non-hydrogen) atoms. The van der Waals surface area contributed by atoms with E-state index in [1.807, 2.05) is 19.9 Å². The fourth-order valence-electron chi connectivity index (χ4n) is 2.03. The molecule has 0 aromatic heterocycles. The highest BCUT2D eigenvalue weighted by molar-refractivity contribution is 7.89. The Balaban J connectivity index is 3.11. The number of rotatable bonds is 7. The van der Waals surface area contributed by atoms with Crippen molar-refractivity contribution in [2.24, 2.45) is 0 Å². The lowest BCUT2D eigenvalue weighted by molar-refractivity contribution is 0.252. The normalized spacial score (nSPS) is 12.1. The summed E-state index contributed by atoms with van der Waals surface area (Å²) in [6, 6.07) is 5.32. The minimum absolute atomic E-state index is 0.148. The monoisotopic (exact) mass is 285 g/mol. The van der Waals surface area contributed by atoms with Crippen LogP contribution >= 0.6 is 0 Å². The minimum Gasteiger partial charge on any atom is -0.395 e. The molecule has 0 fully saturated rings. The molecule has 1 rings (SSSR count). The van der Waals surface area contributed by atoms with E-state index in [0.29, 0.717) is 11.4 Å². The zero-order valence-corrected chi connectivity index (χ0v) is 12.7. The first kappa shape index (κ1) is 16.1. The van der Waals surface area contributed by atoms with E-state index < -0.39 is 10.0 Å². The van der Waals surface area contributed by atoms with Gasteiger partial charge in [-0.3, -0.25) is 0 Å². The predicted octanol–water partition coefficient (Wildman–Crippen LogP) is 2.09. The summed E-state index contributed by atoms with van der Waals surface area (Å²) in [5, 5.41) is 9.05. The van der Waals surface area contributed by atoms with Gasteiger partial charge in [0, 0.05) is 13.1 Å². The lowest BCUT2D eigenvalue weighted by Crippen LogP contribution is -2.34. The summed E-state index contributed by atoms with van der Waals surface area (Å²) < 4.78 is 26.5. The van der Waals surface area contributed by atoms with E-state index in [9.17, 15) is 8.42 Å². The number of sulfonamides is 1. The van der Waals surface area contributed by atoms with Crippen LogP contribution in [0, 0.1) is 13.8 Å². The molecule has 0 bridgehead atoms. The highest BCUT2D eigenvalue weighted by Gasteiger charge is 2.24. The average molecular weight is 285 g/mol. The van der Waals surface area contributed by atoms with E-state index in [0.717, 1.165) is 24.0 Å². The fourth-order valence-corrected chi connectivity index (χ4v) is 3.70. The van der Waals surface area contributed by atoms with Gasteiger partial charge < -0.3 is 5.11 Å². The van der Waals surface area contributed by atoms with Crippen molar-refractivity contribution in [2.45, 2.75) is 38.5 Å². The number of aliphatic hydroxyl groups is 1. The second-order valence-corrected chi connectivity index (χ2v) is 6.66. The van der Waals surface area contributed by atoms with Crippen molar-refractivity contribution in [3.63, 3.8) is 0 Å². The van der Waals surface area contributed by atoms with Crippen LogP contribution in [0.4, 0.5) is 0 Å². The summed E-state index contributed by atoms with van der Waals surface area (Å²) in [6.45, 7) is 6.19. The number of unbranched alkanes of at least 4 members (excludes halogenated alkanes) is 1. The van der Waals surface area contributed by atoms with Gasteiger partial charge in [-0.05, 0) is 31.9 Å². The van der Waals surface area contributed by atoms with Crippen LogP contribution in [0.2, 0.25) is 0 Å². The Morgan fingerprint density at radius 2 is 1.89 bits per heavy atom. The molecule has 0 saturated carbocycles. The van der Waals surface area contributed by atoms with Gasteiger partial charge in [-0.15, -0.1) is 0 Å². The molecule has 0 radical (unpaired) electrons. The van der Waals surface area contributed by atoms with Crippen LogP contribution in [0.1, 0.15) is 30.9 Å².